The van der Waals surface area contributed by atoms with Gasteiger partial charge in [0.05, 0.1) is 17.7 Å². The molecule has 0 aliphatic carbocycles. The van der Waals surface area contributed by atoms with E-state index < -0.39 is 12.0 Å². The fraction of sp³-hybridized carbons (Fsp3) is 0.364. The number of nitrogens with zero attached hydrogens (tertiary/aromatic N) is 3. The summed E-state index contributed by atoms with van der Waals surface area (Å²) < 4.78 is 0. The van der Waals surface area contributed by atoms with Crippen LogP contribution in [0.5, 0.6) is 0 Å². The maximum absolute atomic E-state index is 11.7. The number of nitrogens with one attached hydrogen (secondary N) is 1. The Kier molecular flexibility index (Phi) is 3.16. The molecular weight excluding hydrogens is 252 g/mol. The van der Waals surface area contributed by atoms with Crippen LogP contribution in [-0.2, 0) is 9.59 Å². The number of carboxylic acid groups (broad SMARTS) is 1. The molecule has 2 amide bonds. The van der Waals surface area contributed by atoms with Crippen molar-refractivity contribution in [3.63, 3.8) is 0 Å². The number of anilines is 1. The maximum atomic E-state index is 11.7. The van der Waals surface area contributed by atoms with Crippen molar-refractivity contribution in [1.29, 1.82) is 0 Å². The number of carbonyl (C=O) groups excluding carboxylic acids is 2. The Balaban J connectivity index is 2.17. The molecule has 2 rings (SSSR count). The summed E-state index contributed by atoms with van der Waals surface area (Å²) in [6.45, 7) is 1.53. The van der Waals surface area contributed by atoms with Gasteiger partial charge in [-0.3, -0.25) is 14.5 Å². The molecule has 8 heteroatoms. The van der Waals surface area contributed by atoms with E-state index in [0.717, 1.165) is 11.1 Å². The maximum Gasteiger partial charge on any atom is 0.339 e. The number of likely N-dealkylation sites (N-methyl/N-ethyl adjacent to an activating group) is 1. The van der Waals surface area contributed by atoms with Crippen LogP contribution in [0.3, 0.4) is 0 Å². The minimum Gasteiger partial charge on any atom is -0.478 e. The summed E-state index contributed by atoms with van der Waals surface area (Å²) in [7, 11) is 1.41. The van der Waals surface area contributed by atoms with Crippen LogP contribution in [-0.4, -0.2) is 50.8 Å². The predicted molar refractivity (Wildman–Crippen MR) is 63.5 cm³/mol. The molecule has 1 saturated heterocycles. The van der Waals surface area contributed by atoms with Crippen molar-refractivity contribution in [2.75, 3.05) is 12.4 Å². The third kappa shape index (κ3) is 2.37. The fourth-order valence-corrected chi connectivity index (χ4v) is 1.77. The van der Waals surface area contributed by atoms with Crippen LogP contribution in [0.1, 0.15) is 22.5 Å². The lowest BCUT2D eigenvalue weighted by Crippen LogP contribution is -2.32. The molecule has 0 aromatic carbocycles. The Morgan fingerprint density at radius 1 is 1.53 bits per heavy atom. The molecule has 0 bridgehead atoms. The first kappa shape index (κ1) is 12.9. The van der Waals surface area contributed by atoms with Gasteiger partial charge >= 0.3 is 5.97 Å². The molecule has 0 radical (unpaired) electrons. The van der Waals surface area contributed by atoms with Gasteiger partial charge in [0.2, 0.25) is 11.9 Å². The van der Waals surface area contributed by atoms with Gasteiger partial charge in [-0.15, -0.1) is 0 Å². The minimum absolute atomic E-state index is 0.00325. The SMILES string of the molecule is Cc1nc(NC2CC(=O)N(C)C2=O)ncc1C(=O)O. The van der Waals surface area contributed by atoms with Crippen molar-refractivity contribution in [1.82, 2.24) is 14.9 Å². The molecule has 1 aromatic rings. The lowest BCUT2D eigenvalue weighted by atomic mass is 10.2. The van der Waals surface area contributed by atoms with E-state index >= 15 is 0 Å². The highest BCUT2D eigenvalue weighted by molar-refractivity contribution is 6.06. The van der Waals surface area contributed by atoms with Crippen molar-refractivity contribution >= 4 is 23.7 Å². The summed E-state index contributed by atoms with van der Waals surface area (Å²) >= 11 is 0. The lowest BCUT2D eigenvalue weighted by molar-refractivity contribution is -0.136. The summed E-state index contributed by atoms with van der Waals surface area (Å²) in [5, 5.41) is 11.6. The number of likely N-dealkylation sites (tertiary alicyclic amines) is 1. The molecule has 0 spiro atoms. The second-order valence-corrected chi connectivity index (χ2v) is 4.19. The van der Waals surface area contributed by atoms with Crippen molar-refractivity contribution in [2.24, 2.45) is 0 Å². The zero-order valence-electron chi connectivity index (χ0n) is 10.4. The first-order chi connectivity index (χ1) is 8.90. The molecule has 2 N–H and O–H groups in total. The van der Waals surface area contributed by atoms with Crippen LogP contribution in [0.2, 0.25) is 0 Å². The molecule has 2 heterocycles. The van der Waals surface area contributed by atoms with Crippen LogP contribution in [0.4, 0.5) is 5.95 Å². The van der Waals surface area contributed by atoms with Crippen LogP contribution in [0, 0.1) is 6.92 Å². The Morgan fingerprint density at radius 3 is 2.68 bits per heavy atom. The minimum atomic E-state index is -1.11. The number of hydrogen-bond acceptors (Lipinski definition) is 6. The molecule has 8 nitrogen and oxygen atoms in total. The molecule has 100 valence electrons. The van der Waals surface area contributed by atoms with Gasteiger partial charge in [-0.25, -0.2) is 14.8 Å². The van der Waals surface area contributed by atoms with Gasteiger partial charge < -0.3 is 10.4 Å². The summed E-state index contributed by atoms with van der Waals surface area (Å²) in [6, 6.07) is -0.701. The van der Waals surface area contributed by atoms with E-state index in [1.165, 1.54) is 14.0 Å². The zero-order valence-corrected chi connectivity index (χ0v) is 10.4. The van der Waals surface area contributed by atoms with Crippen molar-refractivity contribution < 1.29 is 19.5 Å². The van der Waals surface area contributed by atoms with Gasteiger partial charge in [-0.2, -0.15) is 0 Å². The molecule has 19 heavy (non-hydrogen) atoms. The van der Waals surface area contributed by atoms with Gasteiger partial charge in [0, 0.05) is 13.2 Å². The smallest absolute Gasteiger partial charge is 0.339 e. The first-order valence-electron chi connectivity index (χ1n) is 5.54. The average molecular weight is 264 g/mol. The summed E-state index contributed by atoms with van der Waals surface area (Å²) in [4.78, 5) is 42.6. The number of carbonyl (C=O) groups is 3. The molecule has 0 saturated carbocycles. The van der Waals surface area contributed by atoms with E-state index in [1.807, 2.05) is 0 Å². The number of rotatable bonds is 3. The molecule has 1 aliphatic heterocycles. The zero-order chi connectivity index (χ0) is 14.2. The molecular formula is C11H12N4O4. The van der Waals surface area contributed by atoms with Crippen molar-refractivity contribution in [2.45, 2.75) is 19.4 Å². The average Bonchev–Trinajstić information content (AvgIpc) is 2.57. The van der Waals surface area contributed by atoms with Crippen LogP contribution < -0.4 is 5.32 Å². The van der Waals surface area contributed by atoms with Gasteiger partial charge in [-0.05, 0) is 6.92 Å². The standard InChI is InChI=1S/C11H12N4O4/c1-5-6(10(18)19)4-12-11(13-5)14-7-3-8(16)15(2)9(7)17/h4,7H,3H2,1-2H3,(H,18,19)(H,12,13,14). The van der Waals surface area contributed by atoms with Gasteiger partial charge in [0.25, 0.3) is 5.91 Å². The van der Waals surface area contributed by atoms with E-state index in [-0.39, 0.29) is 35.4 Å². The quantitative estimate of drug-likeness (QED) is 0.717. The second kappa shape index (κ2) is 4.63. The highest BCUT2D eigenvalue weighted by Crippen LogP contribution is 2.15. The molecule has 1 unspecified atom stereocenters. The van der Waals surface area contributed by atoms with Crippen molar-refractivity contribution in [3.05, 3.63) is 17.5 Å². The van der Waals surface area contributed by atoms with E-state index in [9.17, 15) is 14.4 Å². The predicted octanol–water partition coefficient (Wildman–Crippen LogP) is -0.348. The number of hydrogen-bond donors (Lipinski definition) is 2. The lowest BCUT2D eigenvalue weighted by Gasteiger charge is -2.11. The highest BCUT2D eigenvalue weighted by Gasteiger charge is 2.36. The molecule has 1 fully saturated rings. The van der Waals surface area contributed by atoms with Crippen LogP contribution in [0.25, 0.3) is 0 Å². The van der Waals surface area contributed by atoms with Crippen LogP contribution in [0.15, 0.2) is 6.20 Å². The molecule has 1 aliphatic rings. The van der Waals surface area contributed by atoms with Gasteiger partial charge in [-0.1, -0.05) is 0 Å². The number of aromatic carboxylic acids is 1. The Morgan fingerprint density at radius 2 is 2.21 bits per heavy atom. The van der Waals surface area contributed by atoms with E-state index in [4.69, 9.17) is 5.11 Å². The van der Waals surface area contributed by atoms with E-state index in [2.05, 4.69) is 15.3 Å². The Hall–Kier alpha value is -2.51. The van der Waals surface area contributed by atoms with Crippen molar-refractivity contribution in [3.8, 4) is 0 Å². The number of aromatic nitrogens is 2. The largest absolute Gasteiger partial charge is 0.478 e. The van der Waals surface area contributed by atoms with Gasteiger partial charge in [0.1, 0.15) is 6.04 Å². The summed E-state index contributed by atoms with van der Waals surface area (Å²) in [5.74, 6) is -1.62. The second-order valence-electron chi connectivity index (χ2n) is 4.19. The molecule has 1 aromatic heterocycles. The Labute approximate surface area is 108 Å². The van der Waals surface area contributed by atoms with Gasteiger partial charge in [0.15, 0.2) is 0 Å². The van der Waals surface area contributed by atoms with E-state index in [0.29, 0.717) is 0 Å². The topological polar surface area (TPSA) is 112 Å². The Bertz CT molecular complexity index is 572. The monoisotopic (exact) mass is 264 g/mol. The first-order valence-corrected chi connectivity index (χ1v) is 5.54. The summed E-state index contributed by atoms with van der Waals surface area (Å²) in [5.41, 5.74) is 0.284. The number of carboxylic acids is 1. The molecule has 1 atom stereocenters. The van der Waals surface area contributed by atoms with Crippen LogP contribution >= 0.6 is 0 Å². The fourth-order valence-electron chi connectivity index (χ4n) is 1.77. The number of aryl methyl sites for hydroxylation is 1. The number of imide groups is 1. The normalized spacial score (nSPS) is 18.8. The third-order valence-electron chi connectivity index (χ3n) is 2.89. The van der Waals surface area contributed by atoms with E-state index in [1.54, 1.807) is 0 Å². The number of amides is 2. The third-order valence-corrected chi connectivity index (χ3v) is 2.89. The highest BCUT2D eigenvalue weighted by atomic mass is 16.4. The summed E-state index contributed by atoms with van der Waals surface area (Å²) in [6.07, 6.45) is 1.20.